The second-order valence-corrected chi connectivity index (χ2v) is 8.71. The third kappa shape index (κ3) is 6.09. The minimum Gasteiger partial charge on any atom is -0.326 e. The number of amides is 2. The van der Waals surface area contributed by atoms with E-state index in [4.69, 9.17) is 11.6 Å². The Morgan fingerprint density at radius 1 is 1.11 bits per heavy atom. The number of anilines is 2. The van der Waals surface area contributed by atoms with Gasteiger partial charge in [-0.05, 0) is 48.9 Å². The van der Waals surface area contributed by atoms with Gasteiger partial charge < -0.3 is 10.6 Å². The molecular formula is C20H18ClN3O2S2. The lowest BCUT2D eigenvalue weighted by Gasteiger charge is -2.11. The maximum absolute atomic E-state index is 12.2. The van der Waals surface area contributed by atoms with E-state index in [2.05, 4.69) is 15.6 Å². The molecule has 2 N–H and O–H groups in total. The number of hydrogen-bond acceptors (Lipinski definition) is 5. The van der Waals surface area contributed by atoms with E-state index in [1.54, 1.807) is 18.3 Å². The average molecular weight is 432 g/mol. The van der Waals surface area contributed by atoms with Crippen molar-refractivity contribution in [1.82, 2.24) is 4.98 Å². The molecule has 1 unspecified atom stereocenters. The second kappa shape index (κ2) is 9.73. The van der Waals surface area contributed by atoms with E-state index in [-0.39, 0.29) is 23.5 Å². The van der Waals surface area contributed by atoms with E-state index in [0.29, 0.717) is 15.8 Å². The molecule has 1 atom stereocenters. The van der Waals surface area contributed by atoms with Gasteiger partial charge in [0.1, 0.15) is 0 Å². The number of nitrogens with one attached hydrogen (secondary N) is 2. The molecule has 0 aliphatic carbocycles. The molecular weight excluding hydrogens is 414 g/mol. The van der Waals surface area contributed by atoms with E-state index in [1.165, 1.54) is 23.1 Å². The molecule has 0 aliphatic rings. The molecule has 8 heteroatoms. The Bertz CT molecular complexity index is 929. The van der Waals surface area contributed by atoms with Gasteiger partial charge in [0.05, 0.1) is 11.7 Å². The first-order valence-electron chi connectivity index (χ1n) is 8.51. The molecule has 3 rings (SSSR count). The van der Waals surface area contributed by atoms with Gasteiger partial charge in [-0.15, -0.1) is 23.1 Å². The van der Waals surface area contributed by atoms with Crippen LogP contribution in [0.5, 0.6) is 0 Å². The van der Waals surface area contributed by atoms with E-state index in [9.17, 15) is 9.59 Å². The van der Waals surface area contributed by atoms with Crippen molar-refractivity contribution in [1.29, 1.82) is 0 Å². The summed E-state index contributed by atoms with van der Waals surface area (Å²) >= 11 is 8.68. The quantitative estimate of drug-likeness (QED) is 0.510. The fourth-order valence-electron chi connectivity index (χ4n) is 2.36. The zero-order valence-electron chi connectivity index (χ0n) is 15.0. The first kappa shape index (κ1) is 20.4. The van der Waals surface area contributed by atoms with Crippen molar-refractivity contribution in [3.63, 3.8) is 0 Å². The predicted molar refractivity (Wildman–Crippen MR) is 116 cm³/mol. The fraction of sp³-hybridized carbons (Fsp3) is 0.150. The monoisotopic (exact) mass is 431 g/mol. The normalized spacial score (nSPS) is 11.6. The maximum Gasteiger partial charge on any atom is 0.239 e. The zero-order chi connectivity index (χ0) is 19.9. The van der Waals surface area contributed by atoms with Crippen LogP contribution in [0.4, 0.5) is 10.8 Å². The van der Waals surface area contributed by atoms with E-state index in [1.807, 2.05) is 48.7 Å². The number of carbonyl (C=O) groups excluding carboxylic acids is 2. The Morgan fingerprint density at radius 2 is 1.82 bits per heavy atom. The van der Waals surface area contributed by atoms with Crippen molar-refractivity contribution in [2.24, 2.45) is 0 Å². The summed E-state index contributed by atoms with van der Waals surface area (Å²) in [6, 6.07) is 14.6. The largest absolute Gasteiger partial charge is 0.326 e. The van der Waals surface area contributed by atoms with Gasteiger partial charge >= 0.3 is 0 Å². The zero-order valence-corrected chi connectivity index (χ0v) is 17.4. The molecule has 2 aromatic carbocycles. The SMILES string of the molecule is CC(Sc1ccc(NC(=O)Cc2ccc(Cl)cc2)cc1)C(=O)Nc1nccs1. The lowest BCUT2D eigenvalue weighted by Crippen LogP contribution is -2.22. The van der Waals surface area contributed by atoms with Gasteiger partial charge in [0.25, 0.3) is 0 Å². The van der Waals surface area contributed by atoms with Gasteiger partial charge in [-0.1, -0.05) is 23.7 Å². The van der Waals surface area contributed by atoms with Crippen molar-refractivity contribution in [3.8, 4) is 0 Å². The summed E-state index contributed by atoms with van der Waals surface area (Å²) in [6.45, 7) is 1.84. The number of thiazole rings is 1. The number of halogens is 1. The van der Waals surface area contributed by atoms with Crippen molar-refractivity contribution >= 4 is 57.3 Å². The molecule has 0 saturated heterocycles. The highest BCUT2D eigenvalue weighted by atomic mass is 35.5. The Balaban J connectivity index is 1.50. The molecule has 2 amide bonds. The molecule has 5 nitrogen and oxygen atoms in total. The second-order valence-electron chi connectivity index (χ2n) is 5.96. The van der Waals surface area contributed by atoms with Crippen molar-refractivity contribution in [2.45, 2.75) is 23.5 Å². The average Bonchev–Trinajstić information content (AvgIpc) is 3.18. The summed E-state index contributed by atoms with van der Waals surface area (Å²) in [4.78, 5) is 29.3. The lowest BCUT2D eigenvalue weighted by atomic mass is 10.1. The molecule has 28 heavy (non-hydrogen) atoms. The Kier molecular flexibility index (Phi) is 7.08. The van der Waals surface area contributed by atoms with Crippen LogP contribution in [0, 0.1) is 0 Å². The number of benzene rings is 2. The minimum atomic E-state index is -0.269. The summed E-state index contributed by atoms with van der Waals surface area (Å²) in [6.07, 6.45) is 1.93. The Morgan fingerprint density at radius 3 is 2.46 bits per heavy atom. The molecule has 3 aromatic rings. The third-order valence-corrected chi connectivity index (χ3v) is 5.81. The van der Waals surface area contributed by atoms with Gasteiger partial charge in [0.2, 0.25) is 11.8 Å². The molecule has 0 fully saturated rings. The smallest absolute Gasteiger partial charge is 0.239 e. The van der Waals surface area contributed by atoms with Gasteiger partial charge in [-0.25, -0.2) is 4.98 Å². The number of thioether (sulfide) groups is 1. The van der Waals surface area contributed by atoms with Crippen LogP contribution < -0.4 is 10.6 Å². The van der Waals surface area contributed by atoms with Gasteiger partial charge in [-0.3, -0.25) is 9.59 Å². The van der Waals surface area contributed by atoms with Crippen LogP contribution in [0.15, 0.2) is 65.0 Å². The summed E-state index contributed by atoms with van der Waals surface area (Å²) in [7, 11) is 0. The van der Waals surface area contributed by atoms with E-state index < -0.39 is 0 Å². The molecule has 0 aliphatic heterocycles. The summed E-state index contributed by atoms with van der Waals surface area (Å²) < 4.78 is 0. The topological polar surface area (TPSA) is 71.1 Å². The van der Waals surface area contributed by atoms with Gasteiger partial charge in [0.15, 0.2) is 5.13 Å². The van der Waals surface area contributed by atoms with Gasteiger partial charge in [0, 0.05) is 27.2 Å². The first-order valence-corrected chi connectivity index (χ1v) is 10.6. The van der Waals surface area contributed by atoms with Crippen LogP contribution in [-0.4, -0.2) is 22.0 Å². The molecule has 0 saturated carbocycles. The molecule has 0 bridgehead atoms. The lowest BCUT2D eigenvalue weighted by molar-refractivity contribution is -0.116. The third-order valence-electron chi connectivity index (χ3n) is 3.76. The number of hydrogen-bond donors (Lipinski definition) is 2. The highest BCUT2D eigenvalue weighted by Gasteiger charge is 2.15. The highest BCUT2D eigenvalue weighted by Crippen LogP contribution is 2.26. The van der Waals surface area contributed by atoms with Crippen molar-refractivity contribution < 1.29 is 9.59 Å². The van der Waals surface area contributed by atoms with Crippen LogP contribution in [-0.2, 0) is 16.0 Å². The number of carbonyl (C=O) groups is 2. The summed E-state index contributed by atoms with van der Waals surface area (Å²) in [5.74, 6) is -0.195. The fourth-order valence-corrected chi connectivity index (χ4v) is 3.88. The number of aromatic nitrogens is 1. The van der Waals surface area contributed by atoms with Crippen LogP contribution in [0.2, 0.25) is 5.02 Å². The van der Waals surface area contributed by atoms with E-state index in [0.717, 1.165) is 10.5 Å². The highest BCUT2D eigenvalue weighted by molar-refractivity contribution is 8.00. The van der Waals surface area contributed by atoms with Crippen molar-refractivity contribution in [3.05, 3.63) is 70.7 Å². The maximum atomic E-state index is 12.2. The van der Waals surface area contributed by atoms with Crippen molar-refractivity contribution in [2.75, 3.05) is 10.6 Å². The standard InChI is InChI=1S/C20H18ClN3O2S2/c1-13(19(26)24-20-22-10-11-27-20)28-17-8-6-16(7-9-17)23-18(25)12-14-2-4-15(21)5-3-14/h2-11,13H,12H2,1H3,(H,23,25)(H,22,24,26). The summed E-state index contributed by atoms with van der Waals surface area (Å²) in [5.41, 5.74) is 1.61. The van der Waals surface area contributed by atoms with Crippen LogP contribution >= 0.6 is 34.7 Å². The summed E-state index contributed by atoms with van der Waals surface area (Å²) in [5, 5.41) is 8.44. The minimum absolute atomic E-state index is 0.0970. The van der Waals surface area contributed by atoms with Crippen LogP contribution in [0.3, 0.4) is 0 Å². The van der Waals surface area contributed by atoms with E-state index >= 15 is 0 Å². The van der Waals surface area contributed by atoms with Gasteiger partial charge in [-0.2, -0.15) is 0 Å². The predicted octanol–water partition coefficient (Wildman–Crippen LogP) is 5.10. The molecule has 0 radical (unpaired) electrons. The number of nitrogens with zero attached hydrogens (tertiary/aromatic N) is 1. The number of rotatable bonds is 7. The first-order chi connectivity index (χ1) is 13.5. The van der Waals surface area contributed by atoms with Crippen LogP contribution in [0.1, 0.15) is 12.5 Å². The molecule has 1 heterocycles. The molecule has 0 spiro atoms. The molecule has 1 aromatic heterocycles. The Hall–Kier alpha value is -2.35. The molecule has 144 valence electrons. The van der Waals surface area contributed by atoms with Crippen LogP contribution in [0.25, 0.3) is 0 Å². The Labute approximate surface area is 176 Å².